The second-order valence-corrected chi connectivity index (χ2v) is 5.82. The third-order valence-electron chi connectivity index (χ3n) is 4.17. The van der Waals surface area contributed by atoms with Crippen molar-refractivity contribution in [2.24, 2.45) is 5.92 Å². The predicted molar refractivity (Wildman–Crippen MR) is 88.3 cm³/mol. The molecule has 1 saturated heterocycles. The standard InChI is InChI=1S/C17H19FN4O2/c18-14-3-1-12(2-4-14)11-20-17-19-8-5-15(21-17)22-9-6-13(7-10-22)16(23)24/h1-5,8,13H,6-7,9-11H2,(H,23,24)(H,19,20,21). The van der Waals surface area contributed by atoms with Crippen molar-refractivity contribution in [1.29, 1.82) is 0 Å². The van der Waals surface area contributed by atoms with Gasteiger partial charge in [0.25, 0.3) is 0 Å². The van der Waals surface area contributed by atoms with Crippen LogP contribution >= 0.6 is 0 Å². The number of aromatic nitrogens is 2. The second-order valence-electron chi connectivity index (χ2n) is 5.82. The highest BCUT2D eigenvalue weighted by molar-refractivity contribution is 5.70. The van der Waals surface area contributed by atoms with Gasteiger partial charge in [-0.2, -0.15) is 4.98 Å². The summed E-state index contributed by atoms with van der Waals surface area (Å²) in [7, 11) is 0. The van der Waals surface area contributed by atoms with Crippen LogP contribution in [0.5, 0.6) is 0 Å². The average molecular weight is 330 g/mol. The van der Waals surface area contributed by atoms with Crippen LogP contribution in [-0.2, 0) is 11.3 Å². The van der Waals surface area contributed by atoms with Gasteiger partial charge in [0.2, 0.25) is 5.95 Å². The molecule has 1 aromatic carbocycles. The molecule has 0 atom stereocenters. The van der Waals surface area contributed by atoms with Crippen LogP contribution < -0.4 is 10.2 Å². The summed E-state index contributed by atoms with van der Waals surface area (Å²) in [6.45, 7) is 1.85. The first-order chi connectivity index (χ1) is 11.6. The van der Waals surface area contributed by atoms with Gasteiger partial charge in [-0.05, 0) is 36.6 Å². The number of piperidine rings is 1. The molecule has 0 saturated carbocycles. The minimum Gasteiger partial charge on any atom is -0.481 e. The largest absolute Gasteiger partial charge is 0.481 e. The predicted octanol–water partition coefficient (Wildman–Crippen LogP) is 2.53. The minimum absolute atomic E-state index is 0.262. The summed E-state index contributed by atoms with van der Waals surface area (Å²) in [5.41, 5.74) is 0.938. The Kier molecular flexibility index (Phi) is 4.88. The van der Waals surface area contributed by atoms with Crippen molar-refractivity contribution in [2.75, 3.05) is 23.3 Å². The van der Waals surface area contributed by atoms with E-state index in [0.29, 0.717) is 38.4 Å². The molecule has 2 heterocycles. The molecule has 0 amide bonds. The van der Waals surface area contributed by atoms with Gasteiger partial charge in [0, 0.05) is 25.8 Å². The van der Waals surface area contributed by atoms with Gasteiger partial charge in [-0.15, -0.1) is 0 Å². The van der Waals surface area contributed by atoms with Gasteiger partial charge in [-0.3, -0.25) is 4.79 Å². The van der Waals surface area contributed by atoms with Crippen LogP contribution in [0.3, 0.4) is 0 Å². The first-order valence-corrected chi connectivity index (χ1v) is 7.91. The maximum absolute atomic E-state index is 12.9. The number of hydrogen-bond donors (Lipinski definition) is 2. The molecule has 126 valence electrons. The van der Waals surface area contributed by atoms with Crippen molar-refractivity contribution in [2.45, 2.75) is 19.4 Å². The molecule has 2 aromatic rings. The van der Waals surface area contributed by atoms with Crippen LogP contribution in [0.4, 0.5) is 16.2 Å². The lowest BCUT2D eigenvalue weighted by Gasteiger charge is -2.31. The van der Waals surface area contributed by atoms with Gasteiger partial charge >= 0.3 is 5.97 Å². The number of carboxylic acid groups (broad SMARTS) is 1. The zero-order valence-corrected chi connectivity index (χ0v) is 13.2. The third-order valence-corrected chi connectivity index (χ3v) is 4.17. The molecule has 3 rings (SSSR count). The summed E-state index contributed by atoms with van der Waals surface area (Å²) in [6, 6.07) is 8.08. The van der Waals surface area contributed by atoms with E-state index in [1.807, 2.05) is 6.07 Å². The lowest BCUT2D eigenvalue weighted by molar-refractivity contribution is -0.142. The molecule has 2 N–H and O–H groups in total. The zero-order chi connectivity index (χ0) is 16.9. The number of nitrogens with zero attached hydrogens (tertiary/aromatic N) is 3. The quantitative estimate of drug-likeness (QED) is 0.877. The van der Waals surface area contributed by atoms with Crippen LogP contribution in [0.15, 0.2) is 36.5 Å². The van der Waals surface area contributed by atoms with E-state index in [-0.39, 0.29) is 11.7 Å². The SMILES string of the molecule is O=C(O)C1CCN(c2ccnc(NCc3ccc(F)cc3)n2)CC1. The van der Waals surface area contributed by atoms with Crippen molar-refractivity contribution in [3.63, 3.8) is 0 Å². The maximum Gasteiger partial charge on any atom is 0.306 e. The molecule has 1 fully saturated rings. The Morgan fingerprint density at radius 2 is 1.96 bits per heavy atom. The van der Waals surface area contributed by atoms with Crippen molar-refractivity contribution in [3.05, 3.63) is 47.9 Å². The van der Waals surface area contributed by atoms with Gasteiger partial charge in [0.05, 0.1) is 5.92 Å². The van der Waals surface area contributed by atoms with Crippen LogP contribution in [0.2, 0.25) is 0 Å². The summed E-state index contributed by atoms with van der Waals surface area (Å²) in [5, 5.41) is 12.2. The van der Waals surface area contributed by atoms with Gasteiger partial charge in [0.15, 0.2) is 0 Å². The van der Waals surface area contributed by atoms with Crippen molar-refractivity contribution >= 4 is 17.7 Å². The minimum atomic E-state index is -0.723. The molecular formula is C17H19FN4O2. The Balaban J connectivity index is 1.60. The van der Waals surface area contributed by atoms with E-state index in [2.05, 4.69) is 20.2 Å². The Labute approximate surface area is 139 Å². The van der Waals surface area contributed by atoms with E-state index in [0.717, 1.165) is 11.4 Å². The molecular weight excluding hydrogens is 311 g/mol. The molecule has 7 heteroatoms. The van der Waals surface area contributed by atoms with Gasteiger partial charge in [-0.25, -0.2) is 9.37 Å². The lowest BCUT2D eigenvalue weighted by Crippen LogP contribution is -2.36. The highest BCUT2D eigenvalue weighted by atomic mass is 19.1. The molecule has 0 radical (unpaired) electrons. The Morgan fingerprint density at radius 1 is 1.25 bits per heavy atom. The first-order valence-electron chi connectivity index (χ1n) is 7.91. The smallest absolute Gasteiger partial charge is 0.306 e. The van der Waals surface area contributed by atoms with Crippen LogP contribution in [0.1, 0.15) is 18.4 Å². The molecule has 0 unspecified atom stereocenters. The molecule has 1 aliphatic rings. The number of rotatable bonds is 5. The van der Waals surface area contributed by atoms with Gasteiger partial charge in [0.1, 0.15) is 11.6 Å². The van der Waals surface area contributed by atoms with E-state index in [4.69, 9.17) is 5.11 Å². The van der Waals surface area contributed by atoms with Gasteiger partial charge in [-0.1, -0.05) is 12.1 Å². The van der Waals surface area contributed by atoms with E-state index < -0.39 is 5.97 Å². The van der Waals surface area contributed by atoms with Crippen LogP contribution in [0.25, 0.3) is 0 Å². The molecule has 1 aliphatic heterocycles. The topological polar surface area (TPSA) is 78.3 Å². The van der Waals surface area contributed by atoms with E-state index >= 15 is 0 Å². The first kappa shape index (κ1) is 16.2. The highest BCUT2D eigenvalue weighted by Crippen LogP contribution is 2.22. The fraction of sp³-hybridized carbons (Fsp3) is 0.353. The van der Waals surface area contributed by atoms with Gasteiger partial charge < -0.3 is 15.3 Å². The lowest BCUT2D eigenvalue weighted by atomic mass is 9.97. The normalized spacial score (nSPS) is 15.3. The Morgan fingerprint density at radius 3 is 2.62 bits per heavy atom. The number of carbonyl (C=O) groups is 1. The second kappa shape index (κ2) is 7.25. The number of nitrogens with one attached hydrogen (secondary N) is 1. The zero-order valence-electron chi connectivity index (χ0n) is 13.2. The molecule has 6 nitrogen and oxygen atoms in total. The molecule has 0 bridgehead atoms. The number of hydrogen-bond acceptors (Lipinski definition) is 5. The van der Waals surface area contributed by atoms with Crippen molar-refractivity contribution in [3.8, 4) is 0 Å². The fourth-order valence-electron chi connectivity index (χ4n) is 2.75. The summed E-state index contributed by atoms with van der Waals surface area (Å²) >= 11 is 0. The third kappa shape index (κ3) is 3.98. The number of carboxylic acids is 1. The van der Waals surface area contributed by atoms with Crippen molar-refractivity contribution in [1.82, 2.24) is 9.97 Å². The Bertz CT molecular complexity index is 700. The van der Waals surface area contributed by atoms with Crippen LogP contribution in [-0.4, -0.2) is 34.1 Å². The van der Waals surface area contributed by atoms with E-state index in [1.54, 1.807) is 18.3 Å². The summed E-state index contributed by atoms with van der Waals surface area (Å²) in [6.07, 6.45) is 2.92. The summed E-state index contributed by atoms with van der Waals surface area (Å²) < 4.78 is 12.9. The Hall–Kier alpha value is -2.70. The number of aliphatic carboxylic acids is 1. The maximum atomic E-state index is 12.9. The van der Waals surface area contributed by atoms with E-state index in [1.165, 1.54) is 12.1 Å². The number of benzene rings is 1. The monoisotopic (exact) mass is 330 g/mol. The summed E-state index contributed by atoms with van der Waals surface area (Å²) in [4.78, 5) is 21.8. The number of anilines is 2. The number of halogens is 1. The van der Waals surface area contributed by atoms with Crippen LogP contribution in [0, 0.1) is 11.7 Å². The summed E-state index contributed by atoms with van der Waals surface area (Å²) in [5.74, 6) is 0.0348. The molecule has 1 aromatic heterocycles. The fourth-order valence-corrected chi connectivity index (χ4v) is 2.75. The average Bonchev–Trinajstić information content (AvgIpc) is 2.61. The molecule has 0 spiro atoms. The molecule has 0 aliphatic carbocycles. The van der Waals surface area contributed by atoms with E-state index in [9.17, 15) is 9.18 Å². The molecule has 24 heavy (non-hydrogen) atoms. The van der Waals surface area contributed by atoms with Crippen molar-refractivity contribution < 1.29 is 14.3 Å². The highest BCUT2D eigenvalue weighted by Gasteiger charge is 2.25.